The molecule has 26 heavy (non-hydrogen) atoms. The molecule has 2 aliphatic rings. The van der Waals surface area contributed by atoms with E-state index >= 15 is 0 Å². The molecule has 1 aromatic carbocycles. The predicted octanol–water partition coefficient (Wildman–Crippen LogP) is 3.56. The number of ether oxygens (including phenoxy) is 1. The molecule has 2 aliphatic heterocycles. The van der Waals surface area contributed by atoms with Crippen LogP contribution in [-0.4, -0.2) is 53.3 Å². The van der Waals surface area contributed by atoms with Crippen LogP contribution >= 0.6 is 11.8 Å². The highest BCUT2D eigenvalue weighted by atomic mass is 32.2. The van der Waals surface area contributed by atoms with E-state index in [1.807, 2.05) is 0 Å². The van der Waals surface area contributed by atoms with Gasteiger partial charge in [0.15, 0.2) is 0 Å². The van der Waals surface area contributed by atoms with E-state index in [0.29, 0.717) is 5.92 Å². The van der Waals surface area contributed by atoms with E-state index in [4.69, 9.17) is 14.8 Å². The van der Waals surface area contributed by atoms with Crippen LogP contribution in [0.4, 0.5) is 5.69 Å². The van der Waals surface area contributed by atoms with Gasteiger partial charge in [0.05, 0.1) is 22.9 Å². The van der Waals surface area contributed by atoms with Gasteiger partial charge in [-0.2, -0.15) is 0 Å². The summed E-state index contributed by atoms with van der Waals surface area (Å²) in [7, 11) is 0. The van der Waals surface area contributed by atoms with Crippen molar-refractivity contribution in [1.29, 1.82) is 0 Å². The van der Waals surface area contributed by atoms with Crippen LogP contribution in [0.5, 0.6) is 0 Å². The Kier molecular flexibility index (Phi) is 5.52. The number of aromatic amines is 1. The number of nitrogens with one attached hydrogen (secondary N) is 2. The summed E-state index contributed by atoms with van der Waals surface area (Å²) in [6.07, 6.45) is 3.02. The van der Waals surface area contributed by atoms with Crippen molar-refractivity contribution >= 4 is 33.4 Å². The minimum Gasteiger partial charge on any atom is -0.396 e. The zero-order valence-corrected chi connectivity index (χ0v) is 16.1. The van der Waals surface area contributed by atoms with Crippen LogP contribution in [0, 0.1) is 12.8 Å². The second-order valence-electron chi connectivity index (χ2n) is 7.31. The smallest absolute Gasteiger partial charge is 0.114 e. The molecule has 1 fully saturated rings. The molecule has 0 radical (unpaired) electrons. The van der Waals surface area contributed by atoms with Gasteiger partial charge in [0.25, 0.3) is 0 Å². The molecule has 3 heterocycles. The lowest BCUT2D eigenvalue weighted by molar-refractivity contribution is 0.0699. The molecule has 1 unspecified atom stereocenters. The Labute approximate surface area is 158 Å². The molecule has 1 saturated heterocycles. The summed E-state index contributed by atoms with van der Waals surface area (Å²) in [6, 6.07) is 6.88. The second kappa shape index (κ2) is 8.03. The molecule has 4 rings (SSSR count). The first-order valence-electron chi connectivity index (χ1n) is 9.50. The molecule has 0 aliphatic carbocycles. The van der Waals surface area contributed by atoms with Crippen molar-refractivity contribution in [3.05, 3.63) is 29.5 Å². The maximum absolute atomic E-state index is 9.13. The van der Waals surface area contributed by atoms with Crippen molar-refractivity contribution in [2.75, 3.05) is 37.4 Å². The van der Waals surface area contributed by atoms with Gasteiger partial charge >= 0.3 is 0 Å². The van der Waals surface area contributed by atoms with Crippen LogP contribution in [0.2, 0.25) is 0 Å². The lowest BCUT2D eigenvalue weighted by atomic mass is 10.0. The van der Waals surface area contributed by atoms with Crippen LogP contribution in [0.25, 0.3) is 10.9 Å². The molecular weight excluding hydrogens is 346 g/mol. The third kappa shape index (κ3) is 3.92. The average molecular weight is 374 g/mol. The third-order valence-electron chi connectivity index (χ3n) is 5.20. The summed E-state index contributed by atoms with van der Waals surface area (Å²) >= 11 is 1.78. The monoisotopic (exact) mass is 373 g/mol. The number of aliphatic imine (C=N–C) groups is 1. The Morgan fingerprint density at radius 1 is 1.31 bits per heavy atom. The van der Waals surface area contributed by atoms with Gasteiger partial charge in [-0.3, -0.25) is 4.99 Å². The number of hydrogen-bond donors (Lipinski definition) is 3. The molecule has 0 amide bonds. The topological polar surface area (TPSA) is 69.6 Å². The molecular formula is C20H27N3O2S. The number of fused-ring (bicyclic) bond motifs is 1. The van der Waals surface area contributed by atoms with Crippen LogP contribution < -0.4 is 5.32 Å². The van der Waals surface area contributed by atoms with Crippen molar-refractivity contribution in [3.8, 4) is 0 Å². The maximum atomic E-state index is 9.13. The van der Waals surface area contributed by atoms with Gasteiger partial charge in [0.2, 0.25) is 0 Å². The molecule has 140 valence electrons. The lowest BCUT2D eigenvalue weighted by Crippen LogP contribution is -2.22. The Morgan fingerprint density at radius 2 is 2.15 bits per heavy atom. The molecule has 0 saturated carbocycles. The highest BCUT2D eigenvalue weighted by Gasteiger charge is 2.21. The van der Waals surface area contributed by atoms with Gasteiger partial charge in [-0.1, -0.05) is 0 Å². The van der Waals surface area contributed by atoms with Crippen molar-refractivity contribution in [3.63, 3.8) is 0 Å². The van der Waals surface area contributed by atoms with Gasteiger partial charge in [-0.25, -0.2) is 0 Å². The SMILES string of the molecule is Cc1cc(NCC2CCOCC2)c2[nH]c(C3=NC(CCO)CS3)cc2c1. The number of hydrogen-bond acceptors (Lipinski definition) is 5. The van der Waals surface area contributed by atoms with E-state index in [9.17, 15) is 0 Å². The standard InChI is InChI=1S/C20H27N3O2S/c1-13-8-15-10-18(20-22-16(2-5-24)12-26-20)23-19(15)17(9-13)21-11-14-3-6-25-7-4-14/h8-10,14,16,21,23-24H,2-7,11-12H2,1H3. The number of aryl methyl sites for hydroxylation is 1. The van der Waals surface area contributed by atoms with Gasteiger partial charge in [0, 0.05) is 37.5 Å². The number of anilines is 1. The summed E-state index contributed by atoms with van der Waals surface area (Å²) in [4.78, 5) is 8.35. The minimum absolute atomic E-state index is 0.203. The van der Waals surface area contributed by atoms with Gasteiger partial charge < -0.3 is 20.1 Å². The quantitative estimate of drug-likeness (QED) is 0.724. The second-order valence-corrected chi connectivity index (χ2v) is 8.32. The van der Waals surface area contributed by atoms with E-state index in [1.165, 1.54) is 16.6 Å². The zero-order chi connectivity index (χ0) is 17.9. The first kappa shape index (κ1) is 17.9. The molecule has 3 N–H and O–H groups in total. The van der Waals surface area contributed by atoms with E-state index < -0.39 is 0 Å². The van der Waals surface area contributed by atoms with Gasteiger partial charge in [-0.15, -0.1) is 11.8 Å². The number of aromatic nitrogens is 1. The number of aliphatic hydroxyl groups excluding tert-OH is 1. The van der Waals surface area contributed by atoms with Crippen LogP contribution in [0.3, 0.4) is 0 Å². The average Bonchev–Trinajstić information content (AvgIpc) is 3.27. The molecule has 2 aromatic rings. The molecule has 1 atom stereocenters. The fraction of sp³-hybridized carbons (Fsp3) is 0.550. The number of rotatable bonds is 6. The number of H-pyrrole nitrogens is 1. The Balaban J connectivity index is 1.56. The van der Waals surface area contributed by atoms with E-state index in [2.05, 4.69) is 35.4 Å². The van der Waals surface area contributed by atoms with Gasteiger partial charge in [0.1, 0.15) is 5.04 Å². The molecule has 1 aromatic heterocycles. The number of aliphatic hydroxyl groups is 1. The minimum atomic E-state index is 0.203. The maximum Gasteiger partial charge on any atom is 0.114 e. The highest BCUT2D eigenvalue weighted by molar-refractivity contribution is 8.14. The van der Waals surface area contributed by atoms with Crippen molar-refractivity contribution in [2.45, 2.75) is 32.2 Å². The highest BCUT2D eigenvalue weighted by Crippen LogP contribution is 2.31. The molecule has 5 nitrogen and oxygen atoms in total. The Hall–Kier alpha value is -1.50. The van der Waals surface area contributed by atoms with E-state index in [0.717, 1.165) is 61.0 Å². The van der Waals surface area contributed by atoms with Crippen molar-refractivity contribution in [1.82, 2.24) is 4.98 Å². The largest absolute Gasteiger partial charge is 0.396 e. The Bertz CT molecular complexity index is 796. The molecule has 0 bridgehead atoms. The lowest BCUT2D eigenvalue weighted by Gasteiger charge is -2.23. The zero-order valence-electron chi connectivity index (χ0n) is 15.3. The van der Waals surface area contributed by atoms with Crippen LogP contribution in [0.15, 0.2) is 23.2 Å². The normalized spacial score (nSPS) is 21.3. The summed E-state index contributed by atoms with van der Waals surface area (Å²) in [5, 5.41) is 15.1. The van der Waals surface area contributed by atoms with Crippen molar-refractivity contribution in [2.24, 2.45) is 10.9 Å². The fourth-order valence-corrected chi connectivity index (χ4v) is 4.79. The number of nitrogens with zero attached hydrogens (tertiary/aromatic N) is 1. The Morgan fingerprint density at radius 3 is 2.96 bits per heavy atom. The summed E-state index contributed by atoms with van der Waals surface area (Å²) in [6.45, 7) is 5.10. The predicted molar refractivity (Wildman–Crippen MR) is 110 cm³/mol. The number of benzene rings is 1. The first-order valence-corrected chi connectivity index (χ1v) is 10.5. The first-order chi connectivity index (χ1) is 12.7. The fourth-order valence-electron chi connectivity index (χ4n) is 3.71. The van der Waals surface area contributed by atoms with Crippen LogP contribution in [-0.2, 0) is 4.74 Å². The molecule has 6 heteroatoms. The van der Waals surface area contributed by atoms with Crippen molar-refractivity contribution < 1.29 is 9.84 Å². The summed E-state index contributed by atoms with van der Waals surface area (Å²) in [5.74, 6) is 1.64. The van der Waals surface area contributed by atoms with E-state index in [1.54, 1.807) is 11.8 Å². The summed E-state index contributed by atoms with van der Waals surface area (Å²) < 4.78 is 5.46. The van der Waals surface area contributed by atoms with Crippen LogP contribution in [0.1, 0.15) is 30.5 Å². The summed E-state index contributed by atoms with van der Waals surface area (Å²) in [5.41, 5.74) is 4.68. The van der Waals surface area contributed by atoms with E-state index in [-0.39, 0.29) is 12.6 Å². The molecule has 0 spiro atoms. The third-order valence-corrected chi connectivity index (χ3v) is 6.35. The van der Waals surface area contributed by atoms with Gasteiger partial charge in [-0.05, 0) is 55.9 Å². The number of thioether (sulfide) groups is 1.